The number of benzene rings is 1. The highest BCUT2D eigenvalue weighted by molar-refractivity contribution is 5.36. The maximum absolute atomic E-state index is 12.7. The summed E-state index contributed by atoms with van der Waals surface area (Å²) in [7, 11) is 1.33. The second-order valence-electron chi connectivity index (χ2n) is 4.38. The fourth-order valence-electron chi connectivity index (χ4n) is 1.69. The van der Waals surface area contributed by atoms with Gasteiger partial charge in [-0.15, -0.1) is 10.2 Å². The van der Waals surface area contributed by atoms with Crippen LogP contribution in [0.15, 0.2) is 18.2 Å². The highest BCUT2D eigenvalue weighted by Gasteiger charge is 2.37. The highest BCUT2D eigenvalue weighted by atomic mass is 19.4. The lowest BCUT2D eigenvalue weighted by Gasteiger charge is -2.15. The number of aliphatic hydroxyl groups excluding tert-OH is 1. The summed E-state index contributed by atoms with van der Waals surface area (Å²) in [6, 6.07) is 0.798. The molecule has 0 amide bonds. The van der Waals surface area contributed by atoms with Gasteiger partial charge in [0, 0.05) is 0 Å². The van der Waals surface area contributed by atoms with Crippen molar-refractivity contribution in [3.8, 4) is 0 Å². The summed E-state index contributed by atoms with van der Waals surface area (Å²) in [5, 5.41) is 20.1. The molecule has 0 saturated carbocycles. The van der Waals surface area contributed by atoms with Crippen LogP contribution in [0.4, 0.5) is 26.3 Å². The van der Waals surface area contributed by atoms with E-state index >= 15 is 0 Å². The van der Waals surface area contributed by atoms with Gasteiger partial charge in [-0.25, -0.2) is 0 Å². The number of alkyl halides is 6. The molecular formula is C11H8F6N4O. The predicted octanol–water partition coefficient (Wildman–Crippen LogP) is 2.33. The van der Waals surface area contributed by atoms with Gasteiger partial charge in [0.1, 0.15) is 6.10 Å². The molecule has 2 aromatic rings. The van der Waals surface area contributed by atoms with Gasteiger partial charge in [0.05, 0.1) is 18.2 Å². The molecule has 2 rings (SSSR count). The molecule has 0 saturated heterocycles. The molecule has 0 spiro atoms. The third kappa shape index (κ3) is 3.35. The maximum atomic E-state index is 12.7. The number of rotatable bonds is 2. The van der Waals surface area contributed by atoms with Crippen LogP contribution in [0.25, 0.3) is 0 Å². The van der Waals surface area contributed by atoms with Gasteiger partial charge in [0.2, 0.25) is 5.82 Å². The van der Waals surface area contributed by atoms with E-state index in [2.05, 4.69) is 15.4 Å². The van der Waals surface area contributed by atoms with Gasteiger partial charge in [-0.1, -0.05) is 0 Å². The fraction of sp³-hybridized carbons (Fsp3) is 0.364. The SMILES string of the molecule is Cn1nnc(C(O)c2cc(C(F)(F)F)cc(C(F)(F)F)c2)n1. The molecule has 0 aliphatic carbocycles. The van der Waals surface area contributed by atoms with Gasteiger partial charge < -0.3 is 5.11 Å². The van der Waals surface area contributed by atoms with Crippen molar-refractivity contribution in [2.75, 3.05) is 0 Å². The summed E-state index contributed by atoms with van der Waals surface area (Å²) in [5.74, 6) is -0.407. The number of nitrogens with zero attached hydrogens (tertiary/aromatic N) is 4. The number of halogens is 6. The van der Waals surface area contributed by atoms with E-state index in [-0.39, 0.29) is 6.07 Å². The average molecular weight is 326 g/mol. The summed E-state index contributed by atoms with van der Waals surface area (Å²) in [6.07, 6.45) is -11.9. The van der Waals surface area contributed by atoms with Gasteiger partial charge >= 0.3 is 12.4 Å². The first-order valence-corrected chi connectivity index (χ1v) is 5.70. The molecule has 0 aliphatic heterocycles. The van der Waals surface area contributed by atoms with Crippen molar-refractivity contribution in [2.24, 2.45) is 7.05 Å². The molecule has 0 aliphatic rings. The highest BCUT2D eigenvalue weighted by Crippen LogP contribution is 2.37. The molecular weight excluding hydrogens is 318 g/mol. The Morgan fingerprint density at radius 3 is 1.86 bits per heavy atom. The van der Waals surface area contributed by atoms with Crippen molar-refractivity contribution >= 4 is 0 Å². The summed E-state index contributed by atoms with van der Waals surface area (Å²) < 4.78 is 76.3. The van der Waals surface area contributed by atoms with Crippen LogP contribution in [-0.4, -0.2) is 25.3 Å². The largest absolute Gasteiger partial charge is 0.416 e. The van der Waals surface area contributed by atoms with Gasteiger partial charge in [0.25, 0.3) is 0 Å². The third-order valence-corrected chi connectivity index (χ3v) is 2.69. The Morgan fingerprint density at radius 1 is 1.00 bits per heavy atom. The van der Waals surface area contributed by atoms with E-state index in [1.165, 1.54) is 7.05 Å². The lowest BCUT2D eigenvalue weighted by atomic mass is 10.0. The summed E-state index contributed by atoms with van der Waals surface area (Å²) in [6.45, 7) is 0. The van der Waals surface area contributed by atoms with E-state index in [9.17, 15) is 31.4 Å². The number of aryl methyl sites for hydroxylation is 1. The molecule has 0 fully saturated rings. The molecule has 1 N–H and O–H groups in total. The quantitative estimate of drug-likeness (QED) is 0.861. The van der Waals surface area contributed by atoms with Crippen LogP contribution in [0.2, 0.25) is 0 Å². The van der Waals surface area contributed by atoms with Crippen molar-refractivity contribution in [2.45, 2.75) is 18.5 Å². The minimum atomic E-state index is -4.99. The third-order valence-electron chi connectivity index (χ3n) is 2.69. The first-order valence-electron chi connectivity index (χ1n) is 5.70. The van der Waals surface area contributed by atoms with Crippen molar-refractivity contribution in [3.05, 3.63) is 40.7 Å². The van der Waals surface area contributed by atoms with Gasteiger partial charge in [-0.05, 0) is 29.0 Å². The molecule has 1 aromatic heterocycles. The second kappa shape index (κ2) is 5.23. The topological polar surface area (TPSA) is 63.8 Å². The Bertz CT molecular complexity index is 646. The Labute approximate surface area is 119 Å². The van der Waals surface area contributed by atoms with Crippen molar-refractivity contribution in [1.82, 2.24) is 20.2 Å². The first-order chi connectivity index (χ1) is 9.98. The van der Waals surface area contributed by atoms with Gasteiger partial charge in [-0.2, -0.15) is 31.1 Å². The smallest absolute Gasteiger partial charge is 0.380 e. The van der Waals surface area contributed by atoms with E-state index in [4.69, 9.17) is 0 Å². The predicted molar refractivity (Wildman–Crippen MR) is 59.3 cm³/mol. The van der Waals surface area contributed by atoms with E-state index in [1.54, 1.807) is 0 Å². The number of aliphatic hydroxyl groups is 1. The molecule has 1 aromatic carbocycles. The standard InChI is InChI=1S/C11H8F6N4O/c1-21-19-9(18-20-21)8(22)5-2-6(10(12,13)14)4-7(3-5)11(15,16)17/h2-4,8,22H,1H3. The summed E-state index contributed by atoms with van der Waals surface area (Å²) in [4.78, 5) is 0.914. The minimum Gasteiger partial charge on any atom is -0.380 e. The zero-order chi connectivity index (χ0) is 16.7. The van der Waals surface area contributed by atoms with E-state index < -0.39 is 41.0 Å². The maximum Gasteiger partial charge on any atom is 0.416 e. The van der Waals surface area contributed by atoms with Crippen LogP contribution >= 0.6 is 0 Å². The van der Waals surface area contributed by atoms with Crippen LogP contribution in [0.1, 0.15) is 28.6 Å². The van der Waals surface area contributed by atoms with Crippen molar-refractivity contribution in [1.29, 1.82) is 0 Å². The molecule has 5 nitrogen and oxygen atoms in total. The van der Waals surface area contributed by atoms with Crippen LogP contribution in [0.3, 0.4) is 0 Å². The Hall–Kier alpha value is -2.17. The number of hydrogen-bond acceptors (Lipinski definition) is 4. The Morgan fingerprint density at radius 2 is 1.50 bits per heavy atom. The number of hydrogen-bond donors (Lipinski definition) is 1. The molecule has 1 unspecified atom stereocenters. The molecule has 11 heteroatoms. The lowest BCUT2D eigenvalue weighted by molar-refractivity contribution is -0.143. The minimum absolute atomic E-state index is 0.0275. The zero-order valence-corrected chi connectivity index (χ0v) is 10.8. The van der Waals surface area contributed by atoms with E-state index in [0.29, 0.717) is 12.1 Å². The van der Waals surface area contributed by atoms with Crippen LogP contribution in [0.5, 0.6) is 0 Å². The molecule has 22 heavy (non-hydrogen) atoms. The number of aromatic nitrogens is 4. The van der Waals surface area contributed by atoms with Crippen LogP contribution < -0.4 is 0 Å². The van der Waals surface area contributed by atoms with Crippen molar-refractivity contribution in [3.63, 3.8) is 0 Å². The second-order valence-corrected chi connectivity index (χ2v) is 4.38. The molecule has 120 valence electrons. The summed E-state index contributed by atoms with van der Waals surface area (Å²) in [5.41, 5.74) is -3.68. The van der Waals surface area contributed by atoms with Crippen LogP contribution in [-0.2, 0) is 19.4 Å². The molecule has 0 bridgehead atoms. The zero-order valence-electron chi connectivity index (χ0n) is 10.8. The lowest BCUT2D eigenvalue weighted by Crippen LogP contribution is -2.13. The van der Waals surface area contributed by atoms with Crippen molar-refractivity contribution < 1.29 is 31.4 Å². The van der Waals surface area contributed by atoms with Crippen LogP contribution in [0, 0.1) is 0 Å². The Balaban J connectivity index is 2.55. The first kappa shape index (κ1) is 16.2. The van der Waals surface area contributed by atoms with Gasteiger partial charge in [-0.3, -0.25) is 0 Å². The molecule has 1 heterocycles. The average Bonchev–Trinajstić information content (AvgIpc) is 2.82. The Kier molecular flexibility index (Phi) is 3.85. The monoisotopic (exact) mass is 326 g/mol. The van der Waals surface area contributed by atoms with Gasteiger partial charge in [0.15, 0.2) is 0 Å². The molecule has 0 radical (unpaired) electrons. The normalized spacial score (nSPS) is 14.2. The fourth-order valence-corrected chi connectivity index (χ4v) is 1.69. The molecule has 1 atom stereocenters. The van der Waals surface area contributed by atoms with E-state index in [1.807, 2.05) is 0 Å². The van der Waals surface area contributed by atoms with E-state index in [0.717, 1.165) is 4.80 Å². The number of tetrazole rings is 1. The summed E-state index contributed by atoms with van der Waals surface area (Å²) >= 11 is 0.